The van der Waals surface area contributed by atoms with Crippen molar-refractivity contribution in [2.24, 2.45) is 16.7 Å². The molecule has 2 aliphatic carbocycles. The summed E-state index contributed by atoms with van der Waals surface area (Å²) < 4.78 is 1.33. The molecule has 2 saturated carbocycles. The molecular formula is C19H27IO. The molecule has 2 aliphatic rings. The van der Waals surface area contributed by atoms with Gasteiger partial charge in [-0.1, -0.05) is 38.8 Å². The van der Waals surface area contributed by atoms with Crippen LogP contribution in [-0.4, -0.2) is 11.2 Å². The first kappa shape index (κ1) is 15.8. The molecule has 1 N–H and O–H groups in total. The molecule has 0 amide bonds. The van der Waals surface area contributed by atoms with Crippen molar-refractivity contribution in [1.29, 1.82) is 0 Å². The molecule has 1 aromatic rings. The third-order valence-corrected chi connectivity index (χ3v) is 7.00. The average Bonchev–Trinajstić information content (AvgIpc) is 2.41. The van der Waals surface area contributed by atoms with Crippen LogP contribution < -0.4 is 0 Å². The second-order valence-corrected chi connectivity index (χ2v) is 9.07. The molecule has 1 aromatic carbocycles. The van der Waals surface area contributed by atoms with E-state index in [0.29, 0.717) is 11.3 Å². The molecule has 0 aliphatic heterocycles. The van der Waals surface area contributed by atoms with E-state index in [-0.39, 0.29) is 11.5 Å². The number of halogens is 1. The number of fused-ring (bicyclic) bond motifs is 1. The summed E-state index contributed by atoms with van der Waals surface area (Å²) in [4.78, 5) is 0. The third-order valence-electron chi connectivity index (χ3n) is 6.33. The van der Waals surface area contributed by atoms with Crippen molar-refractivity contribution in [3.63, 3.8) is 0 Å². The van der Waals surface area contributed by atoms with Gasteiger partial charge in [-0.3, -0.25) is 0 Å². The van der Waals surface area contributed by atoms with Crippen LogP contribution in [0.1, 0.15) is 57.9 Å². The van der Waals surface area contributed by atoms with Crippen molar-refractivity contribution < 1.29 is 5.11 Å². The molecule has 1 nitrogen and oxygen atoms in total. The van der Waals surface area contributed by atoms with Gasteiger partial charge in [-0.15, -0.1) is 0 Å². The lowest BCUT2D eigenvalue weighted by molar-refractivity contribution is -0.119. The van der Waals surface area contributed by atoms with Gasteiger partial charge in [-0.25, -0.2) is 0 Å². The first-order valence-corrected chi connectivity index (χ1v) is 9.44. The van der Waals surface area contributed by atoms with Crippen LogP contribution in [0, 0.1) is 20.3 Å². The van der Waals surface area contributed by atoms with Gasteiger partial charge in [0.15, 0.2) is 0 Å². The molecule has 2 unspecified atom stereocenters. The Kier molecular flexibility index (Phi) is 4.39. The van der Waals surface area contributed by atoms with Gasteiger partial charge in [0.2, 0.25) is 0 Å². The van der Waals surface area contributed by atoms with Crippen molar-refractivity contribution in [2.75, 3.05) is 0 Å². The lowest BCUT2D eigenvalue weighted by Crippen LogP contribution is -2.52. The normalized spacial score (nSPS) is 39.8. The largest absolute Gasteiger partial charge is 0.393 e. The third kappa shape index (κ3) is 2.90. The minimum absolute atomic E-state index is 0.0909. The van der Waals surface area contributed by atoms with Gasteiger partial charge >= 0.3 is 0 Å². The maximum atomic E-state index is 10.6. The highest BCUT2D eigenvalue weighted by molar-refractivity contribution is 14.1. The number of benzene rings is 1. The Morgan fingerprint density at radius 2 is 2.00 bits per heavy atom. The molecule has 2 heteroatoms. The number of hydrogen-bond donors (Lipinski definition) is 1. The molecule has 0 saturated heterocycles. The monoisotopic (exact) mass is 398 g/mol. The summed E-state index contributed by atoms with van der Waals surface area (Å²) in [5.41, 5.74) is 1.96. The summed E-state index contributed by atoms with van der Waals surface area (Å²) in [5.74, 6) is 0.667. The van der Waals surface area contributed by atoms with Crippen LogP contribution in [-0.2, 0) is 6.42 Å². The van der Waals surface area contributed by atoms with E-state index < -0.39 is 0 Å². The van der Waals surface area contributed by atoms with Crippen molar-refractivity contribution in [3.05, 3.63) is 33.4 Å². The van der Waals surface area contributed by atoms with Crippen molar-refractivity contribution in [2.45, 2.75) is 64.9 Å². The van der Waals surface area contributed by atoms with E-state index >= 15 is 0 Å². The van der Waals surface area contributed by atoms with Crippen LogP contribution in [0.2, 0.25) is 0 Å². The van der Waals surface area contributed by atoms with E-state index in [2.05, 4.69) is 60.7 Å². The Balaban J connectivity index is 1.88. The van der Waals surface area contributed by atoms with Gasteiger partial charge < -0.3 is 5.11 Å². The van der Waals surface area contributed by atoms with E-state index in [4.69, 9.17) is 0 Å². The lowest BCUT2D eigenvalue weighted by Gasteiger charge is -2.57. The van der Waals surface area contributed by atoms with Crippen molar-refractivity contribution in [3.8, 4) is 0 Å². The first-order chi connectivity index (χ1) is 9.94. The van der Waals surface area contributed by atoms with Crippen LogP contribution >= 0.6 is 22.6 Å². The fraction of sp³-hybridized carbons (Fsp3) is 0.684. The molecular weight excluding hydrogens is 371 g/mol. The summed E-state index contributed by atoms with van der Waals surface area (Å²) in [6.45, 7) is 4.83. The van der Waals surface area contributed by atoms with Crippen LogP contribution in [0.3, 0.4) is 0 Å². The number of hydrogen-bond acceptors (Lipinski definition) is 1. The molecule has 2 fully saturated rings. The van der Waals surface area contributed by atoms with E-state index in [1.165, 1.54) is 41.2 Å². The van der Waals surface area contributed by atoms with E-state index in [1.807, 2.05) is 0 Å². The summed E-state index contributed by atoms with van der Waals surface area (Å²) in [6.07, 6.45) is 8.36. The van der Waals surface area contributed by atoms with Gasteiger partial charge in [0.05, 0.1) is 6.10 Å². The van der Waals surface area contributed by atoms with Crippen LogP contribution in [0.5, 0.6) is 0 Å². The van der Waals surface area contributed by atoms with E-state index in [9.17, 15) is 5.11 Å². The Morgan fingerprint density at radius 3 is 2.76 bits per heavy atom. The molecule has 0 spiro atoms. The number of aliphatic hydroxyl groups excluding tert-OH is 1. The van der Waals surface area contributed by atoms with Crippen LogP contribution in [0.15, 0.2) is 24.3 Å². The average molecular weight is 398 g/mol. The molecule has 0 radical (unpaired) electrons. The molecule has 116 valence electrons. The lowest BCUT2D eigenvalue weighted by atomic mass is 9.49. The molecule has 0 bridgehead atoms. The Hall–Kier alpha value is -0.0900. The summed E-state index contributed by atoms with van der Waals surface area (Å²) in [6, 6.07) is 8.95. The van der Waals surface area contributed by atoms with E-state index in [1.54, 1.807) is 0 Å². The maximum absolute atomic E-state index is 10.6. The van der Waals surface area contributed by atoms with Gasteiger partial charge in [-0.2, -0.15) is 0 Å². The fourth-order valence-corrected chi connectivity index (χ4v) is 5.87. The standard InChI is InChI=1S/C19H27IO/c1-18(13-14-6-3-7-15(20)12-14)10-5-11-19(2)16(18)8-4-9-17(19)21/h3,6-7,12,16-17,21H,4-5,8-11,13H2,1-2H3/t16?,17-,18?,19-/m0/s1. The van der Waals surface area contributed by atoms with Crippen molar-refractivity contribution in [1.82, 2.24) is 0 Å². The molecule has 3 rings (SSSR count). The quantitative estimate of drug-likeness (QED) is 0.680. The Labute approximate surface area is 142 Å². The zero-order valence-electron chi connectivity index (χ0n) is 13.2. The molecule has 21 heavy (non-hydrogen) atoms. The van der Waals surface area contributed by atoms with Gasteiger partial charge in [0.25, 0.3) is 0 Å². The zero-order valence-corrected chi connectivity index (χ0v) is 15.4. The van der Waals surface area contributed by atoms with Crippen LogP contribution in [0.4, 0.5) is 0 Å². The smallest absolute Gasteiger partial charge is 0.0596 e. The number of rotatable bonds is 2. The summed E-state index contributed by atoms with van der Waals surface area (Å²) in [7, 11) is 0. The van der Waals surface area contributed by atoms with E-state index in [0.717, 1.165) is 12.8 Å². The second kappa shape index (κ2) is 5.84. The fourth-order valence-electron chi connectivity index (χ4n) is 5.26. The van der Waals surface area contributed by atoms with Gasteiger partial charge in [0, 0.05) is 3.57 Å². The summed E-state index contributed by atoms with van der Waals surface area (Å²) >= 11 is 2.41. The Morgan fingerprint density at radius 1 is 1.19 bits per heavy atom. The zero-order chi connectivity index (χ0) is 15.1. The highest BCUT2D eigenvalue weighted by atomic mass is 127. The molecule has 0 aromatic heterocycles. The minimum atomic E-state index is -0.0909. The number of aliphatic hydroxyl groups is 1. The first-order valence-electron chi connectivity index (χ1n) is 8.37. The van der Waals surface area contributed by atoms with Gasteiger partial charge in [-0.05, 0) is 89.1 Å². The second-order valence-electron chi connectivity index (χ2n) is 7.82. The topological polar surface area (TPSA) is 20.2 Å². The predicted molar refractivity (Wildman–Crippen MR) is 96.3 cm³/mol. The predicted octanol–water partition coefficient (Wildman–Crippen LogP) is 5.19. The highest BCUT2D eigenvalue weighted by Crippen LogP contribution is 2.58. The van der Waals surface area contributed by atoms with Crippen LogP contribution in [0.25, 0.3) is 0 Å². The minimum Gasteiger partial charge on any atom is -0.393 e. The Bertz CT molecular complexity index is 514. The summed E-state index contributed by atoms with van der Waals surface area (Å²) in [5, 5.41) is 10.6. The highest BCUT2D eigenvalue weighted by Gasteiger charge is 2.53. The van der Waals surface area contributed by atoms with Crippen molar-refractivity contribution >= 4 is 22.6 Å². The van der Waals surface area contributed by atoms with Gasteiger partial charge in [0.1, 0.15) is 0 Å². The SMILES string of the molecule is CC1(Cc2cccc(I)c2)CCC[C@@]2(C)C1CCC[C@@H]2O. The molecule has 4 atom stereocenters. The molecule has 0 heterocycles. The maximum Gasteiger partial charge on any atom is 0.0596 e.